The van der Waals surface area contributed by atoms with Gasteiger partial charge in [-0.25, -0.2) is 0 Å². The van der Waals surface area contributed by atoms with Crippen molar-refractivity contribution in [2.24, 2.45) is 5.92 Å². The first kappa shape index (κ1) is 15.0. The van der Waals surface area contributed by atoms with Crippen LogP contribution in [-0.2, 0) is 0 Å². The molecule has 0 aromatic carbocycles. The van der Waals surface area contributed by atoms with Gasteiger partial charge in [-0.1, -0.05) is 33.6 Å². The van der Waals surface area contributed by atoms with Gasteiger partial charge in [-0.3, -0.25) is 4.90 Å². The van der Waals surface area contributed by atoms with E-state index in [1.54, 1.807) is 0 Å². The molecule has 1 fully saturated rings. The summed E-state index contributed by atoms with van der Waals surface area (Å²) in [6.45, 7) is 12.8. The molecule has 1 unspecified atom stereocenters. The Bertz CT molecular complexity index is 185. The summed E-state index contributed by atoms with van der Waals surface area (Å²) in [5, 5.41) is 3.55. The van der Waals surface area contributed by atoms with Gasteiger partial charge < -0.3 is 5.32 Å². The van der Waals surface area contributed by atoms with Crippen molar-refractivity contribution in [2.75, 3.05) is 19.6 Å². The number of nitrogens with one attached hydrogen (secondary N) is 1. The number of hydrogen-bond donors (Lipinski definition) is 1. The van der Waals surface area contributed by atoms with E-state index in [-0.39, 0.29) is 0 Å². The lowest BCUT2D eigenvalue weighted by Gasteiger charge is -2.32. The first-order valence-electron chi connectivity index (χ1n) is 7.61. The molecule has 1 N–H and O–H groups in total. The Hall–Kier alpha value is -0.0800. The number of rotatable bonds is 8. The number of nitrogens with zero attached hydrogens (tertiary/aromatic N) is 1. The Morgan fingerprint density at radius 2 is 1.82 bits per heavy atom. The maximum atomic E-state index is 3.55. The molecule has 102 valence electrons. The minimum atomic E-state index is 0.632. The number of hydrogen-bond acceptors (Lipinski definition) is 2. The van der Waals surface area contributed by atoms with Crippen molar-refractivity contribution in [2.45, 2.75) is 71.9 Å². The molecular weight excluding hydrogens is 208 g/mol. The Balaban J connectivity index is 2.39. The third kappa shape index (κ3) is 5.87. The fourth-order valence-corrected chi connectivity index (χ4v) is 2.88. The predicted molar refractivity (Wildman–Crippen MR) is 76.4 cm³/mol. The van der Waals surface area contributed by atoms with Crippen LogP contribution in [0.5, 0.6) is 0 Å². The van der Waals surface area contributed by atoms with Crippen molar-refractivity contribution in [3.05, 3.63) is 0 Å². The predicted octanol–water partition coefficient (Wildman–Crippen LogP) is 3.28. The van der Waals surface area contributed by atoms with E-state index in [1.165, 1.54) is 45.2 Å². The van der Waals surface area contributed by atoms with Crippen molar-refractivity contribution in [1.82, 2.24) is 10.2 Å². The second kappa shape index (κ2) is 8.10. The Morgan fingerprint density at radius 3 is 2.35 bits per heavy atom. The summed E-state index contributed by atoms with van der Waals surface area (Å²) in [5.74, 6) is 0.827. The molecular formula is C15H32N2. The van der Waals surface area contributed by atoms with E-state index in [0.717, 1.165) is 18.5 Å². The lowest BCUT2D eigenvalue weighted by atomic mass is 10.1. The van der Waals surface area contributed by atoms with Crippen LogP contribution in [0.2, 0.25) is 0 Å². The van der Waals surface area contributed by atoms with Gasteiger partial charge in [0.05, 0.1) is 0 Å². The zero-order valence-corrected chi connectivity index (χ0v) is 12.3. The SMILES string of the molecule is CCNC(C)CN(CCC(C)C)C1CCCC1. The molecule has 0 spiro atoms. The standard InChI is InChI=1S/C15H32N2/c1-5-16-14(4)12-17(11-10-13(2)3)15-8-6-7-9-15/h13-16H,5-12H2,1-4H3. The van der Waals surface area contributed by atoms with Crippen LogP contribution in [-0.4, -0.2) is 36.6 Å². The zero-order valence-electron chi connectivity index (χ0n) is 12.3. The lowest BCUT2D eigenvalue weighted by Crippen LogP contribution is -2.44. The first-order valence-corrected chi connectivity index (χ1v) is 7.61. The Morgan fingerprint density at radius 1 is 1.18 bits per heavy atom. The van der Waals surface area contributed by atoms with E-state index in [0.29, 0.717) is 6.04 Å². The smallest absolute Gasteiger partial charge is 0.0166 e. The molecule has 1 atom stereocenters. The molecule has 2 heteroatoms. The lowest BCUT2D eigenvalue weighted by molar-refractivity contribution is 0.172. The molecule has 0 saturated heterocycles. The van der Waals surface area contributed by atoms with E-state index in [1.807, 2.05) is 0 Å². The molecule has 2 nitrogen and oxygen atoms in total. The molecule has 1 aliphatic carbocycles. The molecule has 1 saturated carbocycles. The third-order valence-electron chi connectivity index (χ3n) is 3.90. The maximum Gasteiger partial charge on any atom is 0.0166 e. The number of likely N-dealkylation sites (N-methyl/N-ethyl adjacent to an activating group) is 1. The fraction of sp³-hybridized carbons (Fsp3) is 1.00. The Kier molecular flexibility index (Phi) is 7.14. The quantitative estimate of drug-likeness (QED) is 0.700. The first-order chi connectivity index (χ1) is 8.13. The van der Waals surface area contributed by atoms with Crippen LogP contribution in [0.15, 0.2) is 0 Å². The monoisotopic (exact) mass is 240 g/mol. The minimum Gasteiger partial charge on any atom is -0.313 e. The zero-order chi connectivity index (χ0) is 12.7. The molecule has 0 amide bonds. The van der Waals surface area contributed by atoms with Crippen molar-refractivity contribution < 1.29 is 0 Å². The van der Waals surface area contributed by atoms with E-state index < -0.39 is 0 Å². The highest BCUT2D eigenvalue weighted by Gasteiger charge is 2.23. The van der Waals surface area contributed by atoms with Gasteiger partial charge in [-0.15, -0.1) is 0 Å². The van der Waals surface area contributed by atoms with Crippen molar-refractivity contribution in [1.29, 1.82) is 0 Å². The molecule has 0 radical (unpaired) electrons. The van der Waals surface area contributed by atoms with Crippen LogP contribution >= 0.6 is 0 Å². The van der Waals surface area contributed by atoms with Gasteiger partial charge in [0, 0.05) is 18.6 Å². The van der Waals surface area contributed by atoms with Crippen LogP contribution in [0.25, 0.3) is 0 Å². The van der Waals surface area contributed by atoms with Crippen molar-refractivity contribution in [3.63, 3.8) is 0 Å². The molecule has 17 heavy (non-hydrogen) atoms. The maximum absolute atomic E-state index is 3.55. The van der Waals surface area contributed by atoms with Gasteiger partial charge in [0.25, 0.3) is 0 Å². The minimum absolute atomic E-state index is 0.632. The van der Waals surface area contributed by atoms with Crippen LogP contribution in [0.1, 0.15) is 59.8 Å². The molecule has 0 aliphatic heterocycles. The van der Waals surface area contributed by atoms with Crippen LogP contribution in [0, 0.1) is 5.92 Å². The van der Waals surface area contributed by atoms with E-state index in [4.69, 9.17) is 0 Å². The normalized spacial score (nSPS) is 19.4. The second-order valence-electron chi connectivity index (χ2n) is 6.07. The average molecular weight is 240 g/mol. The summed E-state index contributed by atoms with van der Waals surface area (Å²) < 4.78 is 0. The van der Waals surface area contributed by atoms with Gasteiger partial charge in [-0.2, -0.15) is 0 Å². The highest BCUT2D eigenvalue weighted by Crippen LogP contribution is 2.24. The van der Waals surface area contributed by atoms with Crippen LogP contribution in [0.4, 0.5) is 0 Å². The van der Waals surface area contributed by atoms with Crippen LogP contribution < -0.4 is 5.32 Å². The van der Waals surface area contributed by atoms with Gasteiger partial charge in [-0.05, 0) is 45.2 Å². The summed E-state index contributed by atoms with van der Waals surface area (Å²) in [4.78, 5) is 2.75. The largest absolute Gasteiger partial charge is 0.313 e. The van der Waals surface area contributed by atoms with Crippen molar-refractivity contribution in [3.8, 4) is 0 Å². The molecule has 0 heterocycles. The topological polar surface area (TPSA) is 15.3 Å². The molecule has 0 aromatic rings. The molecule has 1 rings (SSSR count). The van der Waals surface area contributed by atoms with Gasteiger partial charge in [0.2, 0.25) is 0 Å². The summed E-state index contributed by atoms with van der Waals surface area (Å²) in [5.41, 5.74) is 0. The molecule has 0 bridgehead atoms. The highest BCUT2D eigenvalue weighted by atomic mass is 15.2. The van der Waals surface area contributed by atoms with Crippen molar-refractivity contribution >= 4 is 0 Å². The van der Waals surface area contributed by atoms with E-state index in [9.17, 15) is 0 Å². The Labute approximate surface area is 108 Å². The van der Waals surface area contributed by atoms with E-state index in [2.05, 4.69) is 37.9 Å². The van der Waals surface area contributed by atoms with Crippen LogP contribution in [0.3, 0.4) is 0 Å². The summed E-state index contributed by atoms with van der Waals surface area (Å²) >= 11 is 0. The van der Waals surface area contributed by atoms with Gasteiger partial charge in [0.1, 0.15) is 0 Å². The highest BCUT2D eigenvalue weighted by molar-refractivity contribution is 4.80. The van der Waals surface area contributed by atoms with E-state index >= 15 is 0 Å². The fourth-order valence-electron chi connectivity index (χ4n) is 2.88. The third-order valence-corrected chi connectivity index (χ3v) is 3.90. The summed E-state index contributed by atoms with van der Waals surface area (Å²) in [6, 6.07) is 1.50. The second-order valence-corrected chi connectivity index (χ2v) is 6.07. The summed E-state index contributed by atoms with van der Waals surface area (Å²) in [6.07, 6.45) is 7.08. The molecule has 0 aromatic heterocycles. The molecule has 1 aliphatic rings. The van der Waals surface area contributed by atoms with Gasteiger partial charge >= 0.3 is 0 Å². The summed E-state index contributed by atoms with van der Waals surface area (Å²) in [7, 11) is 0. The average Bonchev–Trinajstić information content (AvgIpc) is 2.77. The van der Waals surface area contributed by atoms with Gasteiger partial charge in [0.15, 0.2) is 0 Å².